The number of hydrogen-bond donors (Lipinski definition) is 1. The highest BCUT2D eigenvalue weighted by molar-refractivity contribution is 7.48. The fraction of sp³-hybridized carbons (Fsp3) is 0.0714. The van der Waals surface area contributed by atoms with Crippen molar-refractivity contribution in [2.75, 3.05) is 0 Å². The highest BCUT2D eigenvalue weighted by Gasteiger charge is 2.31. The summed E-state index contributed by atoms with van der Waals surface area (Å²) in [4.78, 5) is 20.9. The van der Waals surface area contributed by atoms with E-state index in [4.69, 9.17) is 9.05 Å². The third-order valence-corrected chi connectivity index (χ3v) is 3.93. The van der Waals surface area contributed by atoms with Crippen LogP contribution in [-0.4, -0.2) is 10.9 Å². The van der Waals surface area contributed by atoms with Crippen molar-refractivity contribution in [1.29, 1.82) is 0 Å². The molecule has 108 valence electrons. The summed E-state index contributed by atoms with van der Waals surface area (Å²) in [5.41, 5.74) is 0.846. The Hall–Kier alpha value is -2.30. The SMILES string of the molecule is O=C([O-])c1cccc2c1OP(=O)(O)Oc1ccccc1C2. The van der Waals surface area contributed by atoms with E-state index >= 15 is 0 Å². The lowest BCUT2D eigenvalue weighted by Gasteiger charge is -2.23. The zero-order chi connectivity index (χ0) is 15.0. The predicted molar refractivity (Wildman–Crippen MR) is 71.1 cm³/mol. The number of carboxylic acid groups (broad SMARTS) is 1. The van der Waals surface area contributed by atoms with Gasteiger partial charge in [-0.25, -0.2) is 4.57 Å². The van der Waals surface area contributed by atoms with Crippen molar-refractivity contribution in [3.63, 3.8) is 0 Å². The summed E-state index contributed by atoms with van der Waals surface area (Å²) in [6.45, 7) is 0. The minimum absolute atomic E-state index is 0.196. The van der Waals surface area contributed by atoms with Crippen LogP contribution >= 0.6 is 7.82 Å². The maximum absolute atomic E-state index is 12.0. The number of benzene rings is 2. The Bertz CT molecular complexity index is 770. The summed E-state index contributed by atoms with van der Waals surface area (Å²) < 4.78 is 21.9. The average molecular weight is 305 g/mol. The van der Waals surface area contributed by atoms with E-state index in [1.54, 1.807) is 30.3 Å². The molecule has 1 unspecified atom stereocenters. The molecule has 1 atom stereocenters. The minimum atomic E-state index is -4.48. The zero-order valence-electron chi connectivity index (χ0n) is 10.7. The van der Waals surface area contributed by atoms with E-state index in [0.29, 0.717) is 17.5 Å². The molecular weight excluding hydrogens is 295 g/mol. The molecule has 6 nitrogen and oxygen atoms in total. The number of carbonyl (C=O) groups excluding carboxylic acids is 1. The van der Waals surface area contributed by atoms with Crippen LogP contribution in [0, 0.1) is 0 Å². The van der Waals surface area contributed by atoms with Crippen molar-refractivity contribution < 1.29 is 28.4 Å². The van der Waals surface area contributed by atoms with Crippen molar-refractivity contribution >= 4 is 13.8 Å². The fourth-order valence-corrected chi connectivity index (χ4v) is 3.11. The lowest BCUT2D eigenvalue weighted by Crippen LogP contribution is -2.23. The summed E-state index contributed by atoms with van der Waals surface area (Å²) in [7, 11) is -4.48. The quantitative estimate of drug-likeness (QED) is 0.802. The Kier molecular flexibility index (Phi) is 3.20. The van der Waals surface area contributed by atoms with Crippen LogP contribution in [0.3, 0.4) is 0 Å². The van der Waals surface area contributed by atoms with Gasteiger partial charge in [0.1, 0.15) is 11.5 Å². The van der Waals surface area contributed by atoms with E-state index in [1.165, 1.54) is 12.1 Å². The molecule has 0 spiro atoms. The maximum atomic E-state index is 12.0. The number of hydrogen-bond acceptors (Lipinski definition) is 5. The molecule has 1 aliphatic heterocycles. The largest absolute Gasteiger partial charge is 0.584 e. The smallest absolute Gasteiger partial charge is 0.545 e. The fourth-order valence-electron chi connectivity index (χ4n) is 2.19. The molecule has 0 amide bonds. The van der Waals surface area contributed by atoms with Crippen molar-refractivity contribution in [2.24, 2.45) is 0 Å². The first-order valence-electron chi connectivity index (χ1n) is 6.09. The number of carboxylic acids is 1. The summed E-state index contributed by atoms with van der Waals surface area (Å²) in [5, 5.41) is 11.1. The normalized spacial score (nSPS) is 20.0. The highest BCUT2D eigenvalue weighted by atomic mass is 31.2. The zero-order valence-corrected chi connectivity index (χ0v) is 11.6. The van der Waals surface area contributed by atoms with Crippen LogP contribution in [0.15, 0.2) is 42.5 Å². The summed E-state index contributed by atoms with van der Waals surface area (Å²) in [6.07, 6.45) is 0.312. The van der Waals surface area contributed by atoms with Crippen molar-refractivity contribution in [1.82, 2.24) is 0 Å². The molecule has 0 fully saturated rings. The molecule has 3 rings (SSSR count). The van der Waals surface area contributed by atoms with E-state index in [-0.39, 0.29) is 17.1 Å². The Balaban J connectivity index is 2.22. The molecule has 0 saturated heterocycles. The van der Waals surface area contributed by atoms with E-state index < -0.39 is 13.8 Å². The van der Waals surface area contributed by atoms with E-state index in [1.807, 2.05) is 0 Å². The number of aromatic carboxylic acids is 1. The van der Waals surface area contributed by atoms with Gasteiger partial charge in [0.05, 0.1) is 5.97 Å². The lowest BCUT2D eigenvalue weighted by atomic mass is 10.0. The average Bonchev–Trinajstić information content (AvgIpc) is 2.40. The molecule has 0 aromatic heterocycles. The van der Waals surface area contributed by atoms with Crippen LogP contribution in [0.1, 0.15) is 21.5 Å². The van der Waals surface area contributed by atoms with Gasteiger partial charge in [-0.3, -0.25) is 4.89 Å². The second-order valence-corrected chi connectivity index (χ2v) is 5.82. The van der Waals surface area contributed by atoms with Crippen molar-refractivity contribution in [3.05, 3.63) is 59.2 Å². The number of fused-ring (bicyclic) bond motifs is 2. The Morgan fingerprint density at radius 2 is 1.81 bits per heavy atom. The molecular formula is C14H10O6P-. The third-order valence-electron chi connectivity index (χ3n) is 3.09. The van der Waals surface area contributed by atoms with Gasteiger partial charge in [0.25, 0.3) is 0 Å². The topological polar surface area (TPSA) is 95.9 Å². The maximum Gasteiger partial charge on any atom is 0.584 e. The molecule has 1 heterocycles. The molecule has 2 aromatic rings. The van der Waals surface area contributed by atoms with Gasteiger partial charge in [-0.2, -0.15) is 0 Å². The minimum Gasteiger partial charge on any atom is -0.545 e. The first-order chi connectivity index (χ1) is 9.96. The molecule has 1 aliphatic rings. The van der Waals surface area contributed by atoms with Gasteiger partial charge in [-0.15, -0.1) is 0 Å². The van der Waals surface area contributed by atoms with Gasteiger partial charge in [-0.05, 0) is 23.3 Å². The first-order valence-corrected chi connectivity index (χ1v) is 7.59. The molecule has 2 aromatic carbocycles. The summed E-state index contributed by atoms with van der Waals surface area (Å²) >= 11 is 0. The van der Waals surface area contributed by atoms with Crippen LogP contribution in [0.25, 0.3) is 0 Å². The van der Waals surface area contributed by atoms with Gasteiger partial charge in [0.15, 0.2) is 0 Å². The van der Waals surface area contributed by atoms with E-state index in [2.05, 4.69) is 0 Å². The molecule has 0 aliphatic carbocycles. The second-order valence-electron chi connectivity index (χ2n) is 4.52. The standard InChI is InChI=1S/C14H11O6P/c15-14(16)11-6-3-5-10-8-9-4-1-2-7-12(9)19-21(17,18)20-13(10)11/h1-7H,8H2,(H,15,16)(H,17,18)/p-1. The van der Waals surface area contributed by atoms with Gasteiger partial charge >= 0.3 is 7.82 Å². The van der Waals surface area contributed by atoms with Crippen LogP contribution in [0.5, 0.6) is 11.5 Å². The van der Waals surface area contributed by atoms with Crippen molar-refractivity contribution in [3.8, 4) is 11.5 Å². The van der Waals surface area contributed by atoms with Crippen molar-refractivity contribution in [2.45, 2.75) is 6.42 Å². The monoisotopic (exact) mass is 305 g/mol. The summed E-state index contributed by atoms with van der Waals surface area (Å²) in [5.74, 6) is -1.45. The van der Waals surface area contributed by atoms with E-state index in [9.17, 15) is 19.4 Å². The number of phosphoric acid groups is 1. The first kappa shape index (κ1) is 13.7. The van der Waals surface area contributed by atoms with Crippen LogP contribution in [0.4, 0.5) is 0 Å². The molecule has 0 saturated carbocycles. The van der Waals surface area contributed by atoms with Gasteiger partial charge in [0, 0.05) is 12.0 Å². The van der Waals surface area contributed by atoms with Crippen LogP contribution in [-0.2, 0) is 11.0 Å². The Labute approximate surface area is 120 Å². The predicted octanol–water partition coefficient (Wildman–Crippen LogP) is 1.51. The van der Waals surface area contributed by atoms with E-state index in [0.717, 1.165) is 0 Å². The number of rotatable bonds is 1. The van der Waals surface area contributed by atoms with Crippen LogP contribution < -0.4 is 14.2 Å². The molecule has 7 heteroatoms. The number of phosphoric ester groups is 1. The Morgan fingerprint density at radius 3 is 2.57 bits per heavy atom. The van der Waals surface area contributed by atoms with Gasteiger partial charge in [-0.1, -0.05) is 30.3 Å². The molecule has 0 radical (unpaired) electrons. The second kappa shape index (κ2) is 4.91. The number of para-hydroxylation sites is 2. The van der Waals surface area contributed by atoms with Gasteiger partial charge < -0.3 is 18.9 Å². The lowest BCUT2D eigenvalue weighted by molar-refractivity contribution is -0.255. The van der Waals surface area contributed by atoms with Gasteiger partial charge in [0.2, 0.25) is 0 Å². The summed E-state index contributed by atoms with van der Waals surface area (Å²) in [6, 6.07) is 11.1. The Morgan fingerprint density at radius 1 is 1.10 bits per heavy atom. The van der Waals surface area contributed by atoms with Crippen LogP contribution in [0.2, 0.25) is 0 Å². The molecule has 0 bridgehead atoms. The highest BCUT2D eigenvalue weighted by Crippen LogP contribution is 2.49. The molecule has 21 heavy (non-hydrogen) atoms. The number of carbonyl (C=O) groups is 1. The third kappa shape index (κ3) is 2.63. The molecule has 1 N–H and O–H groups in total.